The summed E-state index contributed by atoms with van der Waals surface area (Å²) in [6, 6.07) is 4.22. The van der Waals surface area contributed by atoms with Crippen LogP contribution in [0, 0.1) is 12.3 Å². The number of terminal acetylenes is 1. The minimum absolute atomic E-state index is 0.0335. The van der Waals surface area contributed by atoms with Gasteiger partial charge in [-0.15, -0.1) is 12.3 Å². The maximum absolute atomic E-state index is 12.0. The van der Waals surface area contributed by atoms with E-state index in [-0.39, 0.29) is 5.91 Å². The number of hydrogen-bond donors (Lipinski definition) is 2. The van der Waals surface area contributed by atoms with Gasteiger partial charge in [0, 0.05) is 25.2 Å². The molecule has 1 aliphatic heterocycles. The number of piperidine rings is 1. The summed E-state index contributed by atoms with van der Waals surface area (Å²) in [6.45, 7) is 2.56. The molecule has 4 heteroatoms. The maximum atomic E-state index is 12.0. The summed E-state index contributed by atoms with van der Waals surface area (Å²) in [6.07, 6.45) is 9.87. The van der Waals surface area contributed by atoms with Gasteiger partial charge in [0.15, 0.2) is 0 Å². The molecule has 2 heterocycles. The van der Waals surface area contributed by atoms with Gasteiger partial charge in [-0.05, 0) is 38.1 Å². The minimum atomic E-state index is -0.0335. The third-order valence-corrected chi connectivity index (χ3v) is 3.27. The highest BCUT2D eigenvalue weighted by molar-refractivity contribution is 5.92. The van der Waals surface area contributed by atoms with Gasteiger partial charge in [-0.1, -0.05) is 0 Å². The summed E-state index contributed by atoms with van der Waals surface area (Å²) in [5, 5.41) is 6.18. The molecule has 4 nitrogen and oxygen atoms in total. The molecule has 1 fully saturated rings. The van der Waals surface area contributed by atoms with Gasteiger partial charge in [-0.2, -0.15) is 0 Å². The summed E-state index contributed by atoms with van der Waals surface area (Å²) in [7, 11) is 0. The third-order valence-electron chi connectivity index (χ3n) is 3.27. The predicted octanol–water partition coefficient (Wildman–Crippen LogP) is 1.17. The summed E-state index contributed by atoms with van der Waals surface area (Å²) >= 11 is 0. The summed E-state index contributed by atoms with van der Waals surface area (Å²) in [5.74, 6) is 2.48. The predicted molar refractivity (Wildman–Crippen MR) is 71.4 cm³/mol. The first-order valence-corrected chi connectivity index (χ1v) is 6.42. The van der Waals surface area contributed by atoms with E-state index in [1.165, 1.54) is 0 Å². The quantitative estimate of drug-likeness (QED) is 0.618. The molecule has 96 valence electrons. The fourth-order valence-corrected chi connectivity index (χ4v) is 2.33. The van der Waals surface area contributed by atoms with Crippen molar-refractivity contribution in [3.05, 3.63) is 24.0 Å². The Morgan fingerprint density at radius 3 is 3.06 bits per heavy atom. The second-order valence-electron chi connectivity index (χ2n) is 4.49. The SMILES string of the molecule is C#CCCNC(=O)c1cccn1C1CCNCC1. The topological polar surface area (TPSA) is 46.1 Å². The van der Waals surface area contributed by atoms with Crippen molar-refractivity contribution in [2.75, 3.05) is 19.6 Å². The number of carbonyl (C=O) groups is 1. The number of nitrogens with one attached hydrogen (secondary N) is 2. The molecule has 0 saturated carbocycles. The van der Waals surface area contributed by atoms with Crippen molar-refractivity contribution in [2.24, 2.45) is 0 Å². The van der Waals surface area contributed by atoms with Gasteiger partial charge in [0.25, 0.3) is 5.91 Å². The van der Waals surface area contributed by atoms with Crippen LogP contribution in [0.2, 0.25) is 0 Å². The number of carbonyl (C=O) groups excluding carboxylic acids is 1. The smallest absolute Gasteiger partial charge is 0.267 e. The molecule has 0 unspecified atom stereocenters. The van der Waals surface area contributed by atoms with Crippen molar-refractivity contribution in [2.45, 2.75) is 25.3 Å². The Kier molecular flexibility index (Phi) is 4.43. The fraction of sp³-hybridized carbons (Fsp3) is 0.500. The number of amides is 1. The van der Waals surface area contributed by atoms with E-state index in [0.717, 1.165) is 31.6 Å². The van der Waals surface area contributed by atoms with Crippen molar-refractivity contribution in [3.63, 3.8) is 0 Å². The summed E-state index contributed by atoms with van der Waals surface area (Å²) < 4.78 is 2.09. The minimum Gasteiger partial charge on any atom is -0.350 e. The van der Waals surface area contributed by atoms with Crippen molar-refractivity contribution in [1.82, 2.24) is 15.2 Å². The van der Waals surface area contributed by atoms with E-state index in [2.05, 4.69) is 21.1 Å². The largest absolute Gasteiger partial charge is 0.350 e. The Balaban J connectivity index is 2.02. The molecule has 0 spiro atoms. The molecule has 18 heavy (non-hydrogen) atoms. The maximum Gasteiger partial charge on any atom is 0.267 e. The van der Waals surface area contributed by atoms with E-state index in [0.29, 0.717) is 19.0 Å². The Hall–Kier alpha value is -1.73. The zero-order valence-corrected chi connectivity index (χ0v) is 10.5. The van der Waals surface area contributed by atoms with Crippen LogP contribution in [0.5, 0.6) is 0 Å². The lowest BCUT2D eigenvalue weighted by atomic mass is 10.1. The number of aromatic nitrogens is 1. The molecule has 1 aromatic rings. The van der Waals surface area contributed by atoms with Crippen LogP contribution in [0.4, 0.5) is 0 Å². The number of rotatable bonds is 4. The first-order valence-electron chi connectivity index (χ1n) is 6.42. The molecule has 1 amide bonds. The first-order chi connectivity index (χ1) is 8.83. The third kappa shape index (κ3) is 2.93. The highest BCUT2D eigenvalue weighted by atomic mass is 16.1. The monoisotopic (exact) mass is 245 g/mol. The average Bonchev–Trinajstić information content (AvgIpc) is 2.89. The normalized spacial score (nSPS) is 16.2. The second kappa shape index (κ2) is 6.27. The molecule has 1 saturated heterocycles. The van der Waals surface area contributed by atoms with E-state index < -0.39 is 0 Å². The lowest BCUT2D eigenvalue weighted by Crippen LogP contribution is -2.32. The van der Waals surface area contributed by atoms with E-state index in [1.54, 1.807) is 0 Å². The van der Waals surface area contributed by atoms with Gasteiger partial charge < -0.3 is 15.2 Å². The molecule has 1 aromatic heterocycles. The molecule has 0 radical (unpaired) electrons. The van der Waals surface area contributed by atoms with Crippen LogP contribution in [0.3, 0.4) is 0 Å². The van der Waals surface area contributed by atoms with Crippen LogP contribution in [0.15, 0.2) is 18.3 Å². The van der Waals surface area contributed by atoms with E-state index in [1.807, 2.05) is 18.3 Å². The molecule has 0 atom stereocenters. The fourth-order valence-electron chi connectivity index (χ4n) is 2.33. The lowest BCUT2D eigenvalue weighted by molar-refractivity contribution is 0.0941. The van der Waals surface area contributed by atoms with E-state index in [9.17, 15) is 4.79 Å². The summed E-state index contributed by atoms with van der Waals surface area (Å²) in [4.78, 5) is 12.0. The van der Waals surface area contributed by atoms with E-state index >= 15 is 0 Å². The lowest BCUT2D eigenvalue weighted by Gasteiger charge is -2.25. The second-order valence-corrected chi connectivity index (χ2v) is 4.49. The van der Waals surface area contributed by atoms with Crippen molar-refractivity contribution in [1.29, 1.82) is 0 Å². The van der Waals surface area contributed by atoms with Gasteiger partial charge in [0.2, 0.25) is 0 Å². The number of hydrogen-bond acceptors (Lipinski definition) is 2. The molecule has 0 aliphatic carbocycles. The Labute approximate surface area is 108 Å². The molecule has 2 rings (SSSR count). The molecule has 2 N–H and O–H groups in total. The van der Waals surface area contributed by atoms with Crippen LogP contribution in [-0.2, 0) is 0 Å². The van der Waals surface area contributed by atoms with Crippen LogP contribution >= 0.6 is 0 Å². The van der Waals surface area contributed by atoms with Crippen LogP contribution in [0.1, 0.15) is 35.8 Å². The highest BCUT2D eigenvalue weighted by Crippen LogP contribution is 2.21. The van der Waals surface area contributed by atoms with Gasteiger partial charge >= 0.3 is 0 Å². The Bertz CT molecular complexity index is 438. The molecule has 1 aliphatic rings. The van der Waals surface area contributed by atoms with Gasteiger partial charge in [-0.3, -0.25) is 4.79 Å². The molecular weight excluding hydrogens is 226 g/mol. The average molecular weight is 245 g/mol. The van der Waals surface area contributed by atoms with Crippen LogP contribution < -0.4 is 10.6 Å². The highest BCUT2D eigenvalue weighted by Gasteiger charge is 2.19. The number of nitrogens with zero attached hydrogens (tertiary/aromatic N) is 1. The Morgan fingerprint density at radius 2 is 2.33 bits per heavy atom. The standard InChI is InChI=1S/C14H19N3O/c1-2-3-8-16-14(18)13-5-4-11-17(13)12-6-9-15-10-7-12/h1,4-5,11-12,15H,3,6-10H2,(H,16,18). The Morgan fingerprint density at radius 1 is 1.56 bits per heavy atom. The van der Waals surface area contributed by atoms with Gasteiger partial charge in [0.05, 0.1) is 0 Å². The van der Waals surface area contributed by atoms with Crippen molar-refractivity contribution in [3.8, 4) is 12.3 Å². The van der Waals surface area contributed by atoms with Crippen LogP contribution in [0.25, 0.3) is 0 Å². The molecule has 0 bridgehead atoms. The van der Waals surface area contributed by atoms with Crippen molar-refractivity contribution < 1.29 is 4.79 Å². The molecule has 0 aromatic carbocycles. The zero-order valence-electron chi connectivity index (χ0n) is 10.5. The van der Waals surface area contributed by atoms with Crippen molar-refractivity contribution >= 4 is 5.91 Å². The first kappa shape index (κ1) is 12.7. The zero-order chi connectivity index (χ0) is 12.8. The van der Waals surface area contributed by atoms with Gasteiger partial charge in [0.1, 0.15) is 5.69 Å². The van der Waals surface area contributed by atoms with Gasteiger partial charge in [-0.25, -0.2) is 0 Å². The van der Waals surface area contributed by atoms with Crippen LogP contribution in [-0.4, -0.2) is 30.1 Å². The van der Waals surface area contributed by atoms with E-state index in [4.69, 9.17) is 6.42 Å². The summed E-state index contributed by atoms with van der Waals surface area (Å²) in [5.41, 5.74) is 0.735. The molecular formula is C14H19N3O.